The van der Waals surface area contributed by atoms with Crippen LogP contribution in [0.15, 0.2) is 115 Å². The van der Waals surface area contributed by atoms with Gasteiger partial charge in [0.25, 0.3) is 0 Å². The first-order chi connectivity index (χ1) is 26.8. The van der Waals surface area contributed by atoms with E-state index in [1.807, 2.05) is 48.5 Å². The predicted octanol–water partition coefficient (Wildman–Crippen LogP) is 8.18. The second kappa shape index (κ2) is 21.0. The normalized spacial score (nSPS) is 15.0. The van der Waals surface area contributed by atoms with Gasteiger partial charge in [-0.05, 0) is 112 Å². The maximum absolute atomic E-state index is 12.6. The smallest absolute Gasteiger partial charge is 0.338 e. The van der Waals surface area contributed by atoms with Crippen molar-refractivity contribution in [2.75, 3.05) is 19.8 Å². The lowest BCUT2D eigenvalue weighted by molar-refractivity contribution is -0.146. The van der Waals surface area contributed by atoms with Crippen molar-refractivity contribution in [2.45, 2.75) is 65.1 Å². The van der Waals surface area contributed by atoms with E-state index >= 15 is 0 Å². The number of hydrogen-bond donors (Lipinski definition) is 0. The molecule has 3 aromatic rings. The van der Waals surface area contributed by atoms with E-state index in [0.717, 1.165) is 16.7 Å². The molecule has 0 bridgehead atoms. The Hall–Kier alpha value is -6.23. The van der Waals surface area contributed by atoms with Gasteiger partial charge in [-0.25, -0.2) is 24.0 Å². The van der Waals surface area contributed by atoms with Gasteiger partial charge in [0, 0.05) is 28.7 Å². The van der Waals surface area contributed by atoms with Gasteiger partial charge in [-0.15, -0.1) is 0 Å². The van der Waals surface area contributed by atoms with Crippen molar-refractivity contribution in [1.82, 2.24) is 0 Å². The van der Waals surface area contributed by atoms with Crippen LogP contribution in [0, 0.1) is 5.92 Å². The molecule has 0 saturated heterocycles. The number of ether oxygens (including phenoxy) is 6. The number of carbonyl (C=O) groups is 5. The predicted molar refractivity (Wildman–Crippen MR) is 211 cm³/mol. The zero-order valence-electron chi connectivity index (χ0n) is 32.1. The summed E-state index contributed by atoms with van der Waals surface area (Å²) in [5.41, 5.74) is 3.98. The number of carbonyl (C=O) groups excluding carboxylic acids is 5. The van der Waals surface area contributed by atoms with Gasteiger partial charge in [0.05, 0.1) is 25.4 Å². The number of esters is 5. The highest BCUT2D eigenvalue weighted by molar-refractivity contribution is 5.91. The molecule has 294 valence electrons. The first kappa shape index (κ1) is 42.5. The van der Waals surface area contributed by atoms with Crippen LogP contribution in [0.25, 0.3) is 17.2 Å². The van der Waals surface area contributed by atoms with Gasteiger partial charge in [-0.1, -0.05) is 56.1 Å². The van der Waals surface area contributed by atoms with E-state index in [0.29, 0.717) is 55.8 Å². The highest BCUT2D eigenvalue weighted by atomic mass is 16.6. The van der Waals surface area contributed by atoms with Gasteiger partial charge in [0.1, 0.15) is 23.7 Å². The van der Waals surface area contributed by atoms with Crippen LogP contribution in [0.4, 0.5) is 0 Å². The average Bonchev–Trinajstić information content (AvgIpc) is 3.19. The van der Waals surface area contributed by atoms with Crippen molar-refractivity contribution in [1.29, 1.82) is 0 Å². The molecule has 0 spiro atoms. The molecule has 1 aliphatic rings. The summed E-state index contributed by atoms with van der Waals surface area (Å²) in [6.07, 6.45) is 5.33. The Labute approximate surface area is 327 Å². The first-order valence-electron chi connectivity index (χ1n) is 18.3. The molecule has 1 aliphatic carbocycles. The van der Waals surface area contributed by atoms with Gasteiger partial charge in [0.15, 0.2) is 0 Å². The lowest BCUT2D eigenvalue weighted by Crippen LogP contribution is -2.29. The number of hydrogen-bond acceptors (Lipinski definition) is 11. The lowest BCUT2D eigenvalue weighted by Gasteiger charge is -2.27. The van der Waals surface area contributed by atoms with Crippen LogP contribution in [0.2, 0.25) is 0 Å². The SMILES string of the molecule is C=C(C)C(=O)OCC(CCOc1ccc(-c2ccc(/C=C/C(=O)OC3CCC(OC(=O)c4ccc(OC(=O)C(=C)C)cc4)CC3)cc2)cc1)COC(=O)C(=C)C. The van der Waals surface area contributed by atoms with Crippen molar-refractivity contribution >= 4 is 35.9 Å². The summed E-state index contributed by atoms with van der Waals surface area (Å²) in [6, 6.07) is 21.5. The van der Waals surface area contributed by atoms with Crippen molar-refractivity contribution in [2.24, 2.45) is 5.92 Å². The molecule has 0 heterocycles. The zero-order chi connectivity index (χ0) is 40.6. The first-order valence-corrected chi connectivity index (χ1v) is 18.3. The van der Waals surface area contributed by atoms with Gasteiger partial charge in [0.2, 0.25) is 0 Å². The van der Waals surface area contributed by atoms with Gasteiger partial charge < -0.3 is 28.4 Å². The van der Waals surface area contributed by atoms with E-state index in [1.165, 1.54) is 30.3 Å². The summed E-state index contributed by atoms with van der Waals surface area (Å²) in [4.78, 5) is 60.6. The fraction of sp³-hybridized carbons (Fsp3) is 0.311. The molecular weight excluding hydrogens is 716 g/mol. The van der Waals surface area contributed by atoms with Crippen LogP contribution in [-0.4, -0.2) is 61.9 Å². The Morgan fingerprint density at radius 1 is 0.643 bits per heavy atom. The monoisotopic (exact) mass is 764 g/mol. The summed E-state index contributed by atoms with van der Waals surface area (Å²) < 4.78 is 32.9. The van der Waals surface area contributed by atoms with Crippen molar-refractivity contribution in [3.05, 3.63) is 126 Å². The molecule has 0 aromatic heterocycles. The van der Waals surface area contributed by atoms with Crippen molar-refractivity contribution < 1.29 is 52.4 Å². The van der Waals surface area contributed by atoms with Crippen LogP contribution < -0.4 is 9.47 Å². The average molecular weight is 765 g/mol. The number of benzene rings is 3. The Morgan fingerprint density at radius 3 is 1.64 bits per heavy atom. The third kappa shape index (κ3) is 13.9. The number of rotatable bonds is 18. The highest BCUT2D eigenvalue weighted by Crippen LogP contribution is 2.26. The molecular formula is C45H48O11. The van der Waals surface area contributed by atoms with E-state index < -0.39 is 29.8 Å². The molecule has 0 aliphatic heterocycles. The minimum absolute atomic E-state index is 0.0593. The summed E-state index contributed by atoms with van der Waals surface area (Å²) >= 11 is 0. The standard InChI is InChI=1S/C45H48O11/c1-29(2)42(47)52-27-33(28-53-43(48)30(3)4)25-26-51-37-16-12-35(13-17-37)34-10-7-32(8-11-34)9-24-41(46)54-38-20-22-40(23-21-38)56-45(50)36-14-18-39(19-15-36)55-44(49)31(5)6/h7-19,24,33,38,40H,1,3,5,20-23,25-28H2,2,4,6H3/b24-9+. The molecule has 11 nitrogen and oxygen atoms in total. The second-order valence-corrected chi connectivity index (χ2v) is 13.7. The van der Waals surface area contributed by atoms with Crippen molar-refractivity contribution in [3.63, 3.8) is 0 Å². The molecule has 1 fully saturated rings. The van der Waals surface area contributed by atoms with Gasteiger partial charge >= 0.3 is 29.8 Å². The molecule has 4 rings (SSSR count). The lowest BCUT2D eigenvalue weighted by atomic mass is 9.95. The van der Waals surface area contributed by atoms with Crippen LogP contribution in [-0.2, 0) is 38.1 Å². The zero-order valence-corrected chi connectivity index (χ0v) is 32.1. The molecule has 0 radical (unpaired) electrons. The molecule has 0 N–H and O–H groups in total. The summed E-state index contributed by atoms with van der Waals surface area (Å²) in [5, 5.41) is 0. The summed E-state index contributed by atoms with van der Waals surface area (Å²) in [7, 11) is 0. The fourth-order valence-electron chi connectivity index (χ4n) is 5.43. The maximum Gasteiger partial charge on any atom is 0.338 e. The largest absolute Gasteiger partial charge is 0.494 e. The van der Waals surface area contributed by atoms with Crippen LogP contribution in [0.1, 0.15) is 68.8 Å². The second-order valence-electron chi connectivity index (χ2n) is 13.7. The van der Waals surface area contributed by atoms with Crippen LogP contribution >= 0.6 is 0 Å². The Bertz CT molecular complexity index is 1880. The topological polar surface area (TPSA) is 141 Å². The third-order valence-corrected chi connectivity index (χ3v) is 8.73. The van der Waals surface area contributed by atoms with E-state index in [9.17, 15) is 24.0 Å². The van der Waals surface area contributed by atoms with E-state index in [-0.39, 0.29) is 48.1 Å². The molecule has 3 aromatic carbocycles. The minimum atomic E-state index is -0.541. The summed E-state index contributed by atoms with van der Waals surface area (Å²) in [5.74, 6) is -1.77. The van der Waals surface area contributed by atoms with Crippen LogP contribution in [0.3, 0.4) is 0 Å². The molecule has 56 heavy (non-hydrogen) atoms. The molecule has 0 amide bonds. The van der Waals surface area contributed by atoms with E-state index in [2.05, 4.69) is 19.7 Å². The van der Waals surface area contributed by atoms with E-state index in [4.69, 9.17) is 28.4 Å². The maximum atomic E-state index is 12.6. The van der Waals surface area contributed by atoms with Gasteiger partial charge in [-0.2, -0.15) is 0 Å². The van der Waals surface area contributed by atoms with E-state index in [1.54, 1.807) is 26.8 Å². The third-order valence-electron chi connectivity index (χ3n) is 8.73. The molecule has 0 unspecified atom stereocenters. The van der Waals surface area contributed by atoms with Crippen molar-refractivity contribution in [3.8, 4) is 22.6 Å². The fourth-order valence-corrected chi connectivity index (χ4v) is 5.43. The molecule has 1 saturated carbocycles. The Balaban J connectivity index is 1.18. The minimum Gasteiger partial charge on any atom is -0.494 e. The van der Waals surface area contributed by atoms with Gasteiger partial charge in [-0.3, -0.25) is 0 Å². The molecule has 11 heteroatoms. The molecule has 0 atom stereocenters. The quantitative estimate of drug-likeness (QED) is 0.0536. The highest BCUT2D eigenvalue weighted by Gasteiger charge is 2.26. The van der Waals surface area contributed by atoms with Crippen LogP contribution in [0.5, 0.6) is 11.5 Å². The Kier molecular flexibility index (Phi) is 16.0. The summed E-state index contributed by atoms with van der Waals surface area (Å²) in [6.45, 7) is 15.8. The Morgan fingerprint density at radius 2 is 1.12 bits per heavy atom.